The molecule has 0 saturated carbocycles. The number of para-hydroxylation sites is 3. The number of nitrogens with zero attached hydrogens (tertiary/aromatic N) is 3. The Kier molecular flexibility index (Phi) is 5.11. The number of ether oxygens (including phenoxy) is 1. The first-order chi connectivity index (χ1) is 13.8. The first-order valence-corrected chi connectivity index (χ1v) is 8.85. The molecule has 2 N–H and O–H groups in total. The molecule has 0 amide bonds. The van der Waals surface area contributed by atoms with Crippen molar-refractivity contribution in [2.75, 3.05) is 12.5 Å². The standard InChI is InChI=1S/C22H19N5O/c1-28-21-14-8-7-13-20(21)25-27-22(26-24-16-9-3-2-4-10-16)18-15-23-19-12-6-5-11-17(18)19/h2-15,23-24H,1H3/b26-22+,27-25?. The quantitative estimate of drug-likeness (QED) is 0.204. The Morgan fingerprint density at radius 1 is 0.893 bits per heavy atom. The van der Waals surface area contributed by atoms with Crippen LogP contribution in [0.15, 0.2) is 100 Å². The van der Waals surface area contributed by atoms with Crippen LogP contribution in [0.2, 0.25) is 0 Å². The topological polar surface area (TPSA) is 74.1 Å². The Hall–Kier alpha value is -3.93. The van der Waals surface area contributed by atoms with Crippen molar-refractivity contribution in [2.24, 2.45) is 15.3 Å². The monoisotopic (exact) mass is 369 g/mol. The van der Waals surface area contributed by atoms with Crippen LogP contribution in [0.4, 0.5) is 11.4 Å². The molecular weight excluding hydrogens is 350 g/mol. The fourth-order valence-electron chi connectivity index (χ4n) is 2.84. The smallest absolute Gasteiger partial charge is 0.203 e. The molecule has 28 heavy (non-hydrogen) atoms. The fraction of sp³-hybridized carbons (Fsp3) is 0.0455. The number of benzene rings is 3. The van der Waals surface area contributed by atoms with Gasteiger partial charge in [0.25, 0.3) is 0 Å². The number of H-pyrrole nitrogens is 1. The second-order valence-corrected chi connectivity index (χ2v) is 6.03. The van der Waals surface area contributed by atoms with Crippen LogP contribution >= 0.6 is 0 Å². The number of rotatable bonds is 5. The molecule has 0 saturated heterocycles. The van der Waals surface area contributed by atoms with Crippen molar-refractivity contribution in [3.05, 3.63) is 90.6 Å². The van der Waals surface area contributed by atoms with E-state index < -0.39 is 0 Å². The molecule has 4 aromatic rings. The molecular formula is C22H19N5O. The molecule has 6 heteroatoms. The lowest BCUT2D eigenvalue weighted by Gasteiger charge is -2.04. The number of hydrazone groups is 1. The molecule has 1 aromatic heterocycles. The highest BCUT2D eigenvalue weighted by Crippen LogP contribution is 2.27. The Morgan fingerprint density at radius 3 is 2.50 bits per heavy atom. The minimum absolute atomic E-state index is 0.465. The summed E-state index contributed by atoms with van der Waals surface area (Å²) in [5.74, 6) is 1.12. The van der Waals surface area contributed by atoms with Gasteiger partial charge in [-0.15, -0.1) is 10.2 Å². The van der Waals surface area contributed by atoms with Gasteiger partial charge in [-0.25, -0.2) is 0 Å². The van der Waals surface area contributed by atoms with E-state index in [1.54, 1.807) is 7.11 Å². The van der Waals surface area contributed by atoms with Crippen LogP contribution in [-0.2, 0) is 0 Å². The SMILES string of the molecule is COc1ccccc1N=N/C(=N/Nc1ccccc1)c1c[nH]c2ccccc12. The number of anilines is 1. The molecule has 0 atom stereocenters. The third kappa shape index (κ3) is 3.76. The highest BCUT2D eigenvalue weighted by molar-refractivity contribution is 6.10. The molecule has 3 aromatic carbocycles. The van der Waals surface area contributed by atoms with Gasteiger partial charge in [0.1, 0.15) is 11.4 Å². The molecule has 0 spiro atoms. The van der Waals surface area contributed by atoms with Crippen LogP contribution in [0.3, 0.4) is 0 Å². The number of aromatic nitrogens is 1. The highest BCUT2D eigenvalue weighted by atomic mass is 16.5. The lowest BCUT2D eigenvalue weighted by atomic mass is 10.1. The minimum atomic E-state index is 0.465. The summed E-state index contributed by atoms with van der Waals surface area (Å²) in [5.41, 5.74) is 6.43. The van der Waals surface area contributed by atoms with E-state index in [0.717, 1.165) is 22.2 Å². The van der Waals surface area contributed by atoms with Crippen molar-refractivity contribution in [3.63, 3.8) is 0 Å². The average molecular weight is 369 g/mol. The van der Waals surface area contributed by atoms with Crippen molar-refractivity contribution >= 4 is 28.1 Å². The maximum Gasteiger partial charge on any atom is 0.203 e. The molecule has 0 radical (unpaired) electrons. The number of amidine groups is 1. The molecule has 1 heterocycles. The van der Waals surface area contributed by atoms with Gasteiger partial charge in [0, 0.05) is 22.7 Å². The Labute approximate surface area is 162 Å². The van der Waals surface area contributed by atoms with Crippen molar-refractivity contribution in [1.82, 2.24) is 4.98 Å². The molecule has 6 nitrogen and oxygen atoms in total. The molecule has 4 rings (SSSR count). The zero-order chi connectivity index (χ0) is 19.2. The van der Waals surface area contributed by atoms with Crippen LogP contribution < -0.4 is 10.2 Å². The van der Waals surface area contributed by atoms with Crippen LogP contribution in [0, 0.1) is 0 Å². The maximum absolute atomic E-state index is 5.35. The van der Waals surface area contributed by atoms with Gasteiger partial charge in [-0.2, -0.15) is 5.10 Å². The van der Waals surface area contributed by atoms with E-state index in [0.29, 0.717) is 17.3 Å². The van der Waals surface area contributed by atoms with Crippen LogP contribution in [0.1, 0.15) is 5.56 Å². The highest BCUT2D eigenvalue weighted by Gasteiger charge is 2.11. The molecule has 0 bridgehead atoms. The molecule has 0 aliphatic rings. The summed E-state index contributed by atoms with van der Waals surface area (Å²) in [6, 6.07) is 25.2. The molecule has 0 aliphatic heterocycles. The number of methoxy groups -OCH3 is 1. The van der Waals surface area contributed by atoms with E-state index in [1.165, 1.54) is 0 Å². The van der Waals surface area contributed by atoms with Gasteiger partial charge >= 0.3 is 0 Å². The third-order valence-electron chi connectivity index (χ3n) is 4.23. The lowest BCUT2D eigenvalue weighted by molar-refractivity contribution is 0.416. The predicted molar refractivity (Wildman–Crippen MR) is 112 cm³/mol. The summed E-state index contributed by atoms with van der Waals surface area (Å²) in [7, 11) is 1.61. The number of nitrogens with one attached hydrogen (secondary N) is 2. The number of aromatic amines is 1. The second-order valence-electron chi connectivity index (χ2n) is 6.03. The van der Waals surface area contributed by atoms with Gasteiger partial charge in [-0.1, -0.05) is 48.5 Å². The zero-order valence-electron chi connectivity index (χ0n) is 15.3. The molecule has 0 unspecified atom stereocenters. The maximum atomic E-state index is 5.35. The Balaban J connectivity index is 1.74. The van der Waals surface area contributed by atoms with Gasteiger partial charge in [-0.05, 0) is 30.3 Å². The predicted octanol–water partition coefficient (Wildman–Crippen LogP) is 5.73. The van der Waals surface area contributed by atoms with E-state index >= 15 is 0 Å². The largest absolute Gasteiger partial charge is 0.494 e. The van der Waals surface area contributed by atoms with Gasteiger partial charge in [0.2, 0.25) is 5.84 Å². The molecule has 0 fully saturated rings. The summed E-state index contributed by atoms with van der Waals surface area (Å²) >= 11 is 0. The molecule has 0 aliphatic carbocycles. The van der Waals surface area contributed by atoms with E-state index in [2.05, 4.69) is 25.7 Å². The van der Waals surface area contributed by atoms with Gasteiger partial charge in [0.15, 0.2) is 0 Å². The number of fused-ring (bicyclic) bond motifs is 1. The summed E-state index contributed by atoms with van der Waals surface area (Å²) in [4.78, 5) is 3.25. The number of azo groups is 1. The minimum Gasteiger partial charge on any atom is -0.494 e. The average Bonchev–Trinajstić information content (AvgIpc) is 3.19. The van der Waals surface area contributed by atoms with Gasteiger partial charge < -0.3 is 9.72 Å². The number of hydrogen-bond acceptors (Lipinski definition) is 4. The normalized spacial score (nSPS) is 11.8. The third-order valence-corrected chi connectivity index (χ3v) is 4.23. The van der Waals surface area contributed by atoms with E-state index in [-0.39, 0.29) is 0 Å². The number of hydrogen-bond donors (Lipinski definition) is 2. The van der Waals surface area contributed by atoms with Crippen molar-refractivity contribution in [3.8, 4) is 5.75 Å². The van der Waals surface area contributed by atoms with Crippen LogP contribution in [0.25, 0.3) is 10.9 Å². The zero-order valence-corrected chi connectivity index (χ0v) is 15.3. The summed E-state index contributed by atoms with van der Waals surface area (Å²) < 4.78 is 5.35. The first kappa shape index (κ1) is 17.5. The fourth-order valence-corrected chi connectivity index (χ4v) is 2.84. The van der Waals surface area contributed by atoms with Crippen LogP contribution in [0.5, 0.6) is 5.75 Å². The summed E-state index contributed by atoms with van der Waals surface area (Å²) in [6.45, 7) is 0. The first-order valence-electron chi connectivity index (χ1n) is 8.85. The van der Waals surface area contributed by atoms with E-state index in [9.17, 15) is 0 Å². The van der Waals surface area contributed by atoms with Crippen LogP contribution in [-0.4, -0.2) is 17.9 Å². The Morgan fingerprint density at radius 2 is 1.64 bits per heavy atom. The van der Waals surface area contributed by atoms with E-state index in [1.807, 2.05) is 85.1 Å². The molecule has 138 valence electrons. The Bertz CT molecular complexity index is 1130. The van der Waals surface area contributed by atoms with Crippen molar-refractivity contribution < 1.29 is 4.74 Å². The summed E-state index contributed by atoms with van der Waals surface area (Å²) in [5, 5.41) is 14.3. The van der Waals surface area contributed by atoms with Gasteiger partial charge in [0.05, 0.1) is 12.8 Å². The van der Waals surface area contributed by atoms with Crippen molar-refractivity contribution in [2.45, 2.75) is 0 Å². The van der Waals surface area contributed by atoms with E-state index in [4.69, 9.17) is 4.74 Å². The van der Waals surface area contributed by atoms with Gasteiger partial charge in [-0.3, -0.25) is 5.43 Å². The second kappa shape index (κ2) is 8.18. The lowest BCUT2D eigenvalue weighted by Crippen LogP contribution is -2.00. The summed E-state index contributed by atoms with van der Waals surface area (Å²) in [6.07, 6.45) is 1.89. The van der Waals surface area contributed by atoms with Crippen molar-refractivity contribution in [1.29, 1.82) is 0 Å².